The zero-order chi connectivity index (χ0) is 46.4. The number of ketones is 1. The molecule has 0 aromatic heterocycles. The van der Waals surface area contributed by atoms with Crippen molar-refractivity contribution in [2.75, 3.05) is 20.3 Å². The van der Waals surface area contributed by atoms with Crippen molar-refractivity contribution in [2.45, 2.75) is 128 Å². The first-order valence-corrected chi connectivity index (χ1v) is 20.9. The highest BCUT2D eigenvalue weighted by atomic mass is 16.6. The molecule has 2 aromatic rings. The van der Waals surface area contributed by atoms with Crippen molar-refractivity contribution in [1.29, 1.82) is 0 Å². The first-order chi connectivity index (χ1) is 29.5. The van der Waals surface area contributed by atoms with Gasteiger partial charge in [0.25, 0.3) is 0 Å². The summed E-state index contributed by atoms with van der Waals surface area (Å²) in [5.41, 5.74) is -2.30. The molecule has 5 N–H and O–H groups in total. The first kappa shape index (κ1) is 47.3. The zero-order valence-electron chi connectivity index (χ0n) is 37.0. The van der Waals surface area contributed by atoms with Gasteiger partial charge in [0, 0.05) is 32.3 Å². The molecule has 3 fully saturated rings. The Kier molecular flexibility index (Phi) is 13.1. The van der Waals surface area contributed by atoms with Crippen molar-refractivity contribution in [3.8, 4) is 0 Å². The third-order valence-corrected chi connectivity index (χ3v) is 13.2. The molecule has 4 aliphatic rings. The summed E-state index contributed by atoms with van der Waals surface area (Å²) in [7, 11) is 1.38. The molecule has 0 spiro atoms. The average Bonchev–Trinajstić information content (AvgIpc) is 3.21. The second kappa shape index (κ2) is 17.4. The topological polar surface area (TPSA) is 246 Å². The number of ether oxygens (including phenoxy) is 7. The van der Waals surface area contributed by atoms with Crippen LogP contribution in [0.5, 0.6) is 0 Å². The molecule has 2 saturated carbocycles. The molecule has 1 saturated heterocycles. The Morgan fingerprint density at radius 1 is 0.984 bits per heavy atom. The van der Waals surface area contributed by atoms with Crippen molar-refractivity contribution in [3.05, 3.63) is 82.9 Å². The van der Waals surface area contributed by atoms with Crippen LogP contribution in [-0.4, -0.2) is 120 Å². The number of aliphatic hydroxyl groups is 2. The number of methoxy groups -OCH3 is 1. The Bertz CT molecular complexity index is 2140. The van der Waals surface area contributed by atoms with Gasteiger partial charge in [0.2, 0.25) is 6.10 Å². The number of Topliss-reactive ketones (excluding diaryl/α,β-unsaturated/α-hetero) is 1. The number of benzene rings is 2. The molecular weight excluding hydrogens is 821 g/mol. The molecule has 2 aromatic carbocycles. The van der Waals surface area contributed by atoms with Crippen molar-refractivity contribution in [1.82, 2.24) is 5.32 Å². The Balaban J connectivity index is 1.54. The number of hydrogen-bond acceptors (Lipinski definition) is 16. The maximum absolute atomic E-state index is 15.3. The van der Waals surface area contributed by atoms with Crippen molar-refractivity contribution < 1.29 is 72.1 Å². The molecule has 3 aliphatic carbocycles. The molecule has 0 unspecified atom stereocenters. The maximum atomic E-state index is 15.3. The summed E-state index contributed by atoms with van der Waals surface area (Å²) in [6.45, 7) is 11.4. The number of rotatable bonds is 11. The number of carbonyl (C=O) groups excluding carboxylic acids is 6. The Labute approximate surface area is 365 Å². The van der Waals surface area contributed by atoms with E-state index in [1.807, 2.05) is 0 Å². The molecule has 1 amide bonds. The van der Waals surface area contributed by atoms with Gasteiger partial charge in [-0.2, -0.15) is 0 Å². The van der Waals surface area contributed by atoms with E-state index < -0.39 is 125 Å². The molecule has 17 nitrogen and oxygen atoms in total. The van der Waals surface area contributed by atoms with Gasteiger partial charge in [0.05, 0.1) is 36.2 Å². The van der Waals surface area contributed by atoms with Crippen LogP contribution >= 0.6 is 0 Å². The van der Waals surface area contributed by atoms with Crippen LogP contribution in [0, 0.1) is 16.7 Å². The number of fused-ring (bicyclic) bond motifs is 5. The normalized spacial score (nSPS) is 31.8. The summed E-state index contributed by atoms with van der Waals surface area (Å²) in [5.74, 6) is -6.11. The van der Waals surface area contributed by atoms with Crippen LogP contribution in [0.3, 0.4) is 0 Å². The van der Waals surface area contributed by atoms with Crippen LogP contribution in [0.15, 0.2) is 71.8 Å². The number of esters is 4. The molecule has 63 heavy (non-hydrogen) atoms. The van der Waals surface area contributed by atoms with Crippen molar-refractivity contribution in [2.24, 2.45) is 22.5 Å². The van der Waals surface area contributed by atoms with Gasteiger partial charge in [-0.25, -0.2) is 14.4 Å². The van der Waals surface area contributed by atoms with E-state index in [4.69, 9.17) is 38.9 Å². The van der Waals surface area contributed by atoms with E-state index in [1.54, 1.807) is 83.1 Å². The molecule has 342 valence electrons. The average molecular weight is 879 g/mol. The Morgan fingerprint density at radius 3 is 2.14 bits per heavy atom. The van der Waals surface area contributed by atoms with Crippen molar-refractivity contribution >= 4 is 35.8 Å². The quantitative estimate of drug-likeness (QED) is 0.144. The highest BCUT2D eigenvalue weighted by Gasteiger charge is 2.78. The summed E-state index contributed by atoms with van der Waals surface area (Å²) in [6.07, 6.45) is -10.5. The van der Waals surface area contributed by atoms with Crippen LogP contribution in [-0.2, 0) is 52.3 Å². The zero-order valence-corrected chi connectivity index (χ0v) is 37.0. The second-order valence-corrected chi connectivity index (χ2v) is 18.5. The van der Waals surface area contributed by atoms with Gasteiger partial charge in [-0.15, -0.1) is 0 Å². The highest BCUT2D eigenvalue weighted by Crippen LogP contribution is 2.64. The van der Waals surface area contributed by atoms with Crippen LogP contribution in [0.2, 0.25) is 0 Å². The highest BCUT2D eigenvalue weighted by molar-refractivity contribution is 5.94. The van der Waals surface area contributed by atoms with Crippen LogP contribution in [0.25, 0.3) is 0 Å². The third-order valence-electron chi connectivity index (χ3n) is 13.2. The maximum Gasteiger partial charge on any atom is 0.408 e. The minimum absolute atomic E-state index is 0.0372. The van der Waals surface area contributed by atoms with Crippen LogP contribution < -0.4 is 11.1 Å². The summed E-state index contributed by atoms with van der Waals surface area (Å²) < 4.78 is 41.8. The van der Waals surface area contributed by atoms with E-state index in [0.29, 0.717) is 5.56 Å². The van der Waals surface area contributed by atoms with E-state index in [1.165, 1.54) is 40.0 Å². The predicted octanol–water partition coefficient (Wildman–Crippen LogP) is 3.42. The lowest BCUT2D eigenvalue weighted by atomic mass is 9.44. The fourth-order valence-corrected chi connectivity index (χ4v) is 10.2. The van der Waals surface area contributed by atoms with E-state index in [0.717, 1.165) is 0 Å². The number of nitrogens with two attached hydrogens (primary N) is 1. The number of amides is 1. The van der Waals surface area contributed by atoms with E-state index in [-0.39, 0.29) is 29.7 Å². The van der Waals surface area contributed by atoms with Gasteiger partial charge < -0.3 is 54.4 Å². The minimum atomic E-state index is -2.36. The summed E-state index contributed by atoms with van der Waals surface area (Å²) >= 11 is 0. The largest absolute Gasteiger partial charge is 0.455 e. The predicted molar refractivity (Wildman–Crippen MR) is 221 cm³/mol. The summed E-state index contributed by atoms with van der Waals surface area (Å²) in [6, 6.07) is 14.6. The van der Waals surface area contributed by atoms with Gasteiger partial charge in [-0.1, -0.05) is 62.4 Å². The van der Waals surface area contributed by atoms with Gasteiger partial charge in [0.1, 0.15) is 41.7 Å². The second-order valence-electron chi connectivity index (χ2n) is 18.5. The summed E-state index contributed by atoms with van der Waals surface area (Å²) in [4.78, 5) is 83.5. The molecule has 6 rings (SSSR count). The molecule has 0 radical (unpaired) electrons. The molecule has 1 aliphatic heterocycles. The number of carbonyl (C=O) groups is 6. The van der Waals surface area contributed by atoms with Gasteiger partial charge in [0.15, 0.2) is 11.4 Å². The molecule has 17 heteroatoms. The Hall–Kier alpha value is -5.20. The number of aliphatic hydroxyl groups excluding tert-OH is 1. The minimum Gasteiger partial charge on any atom is -0.455 e. The number of hydrogen-bond donors (Lipinski definition) is 4. The molecular formula is C46H58N2O15. The lowest BCUT2D eigenvalue weighted by molar-refractivity contribution is -0.347. The van der Waals surface area contributed by atoms with Gasteiger partial charge in [-0.05, 0) is 63.5 Å². The smallest absolute Gasteiger partial charge is 0.408 e. The van der Waals surface area contributed by atoms with Gasteiger partial charge >= 0.3 is 30.0 Å². The van der Waals surface area contributed by atoms with Gasteiger partial charge in [-0.3, -0.25) is 14.4 Å². The molecule has 2 bridgehead atoms. The third kappa shape index (κ3) is 8.36. The number of alkyl carbamates (subject to hydrolysis) is 1. The summed E-state index contributed by atoms with van der Waals surface area (Å²) in [5, 5.41) is 28.8. The SMILES string of the molecule is CO[C@H]1C[C@H]2OC[C@@]2(OC(C)=O)[C@H]2[C@@H](OC(=O)c3ccccc3)[C@]3(O)C[C@H](OC(=O)[C@H](OC(=O)CN)[C@@H](NC(=O)OC(C)(C)C)c4ccccc4)C(C)=C([C@@H](O)C(=O)[C@]12C)C3(C)C. The number of nitrogens with one attached hydrogen (secondary N) is 1. The molecule has 1 heterocycles. The lowest BCUT2D eigenvalue weighted by Crippen LogP contribution is -2.82. The molecule has 11 atom stereocenters. The van der Waals surface area contributed by atoms with Crippen LogP contribution in [0.1, 0.15) is 90.2 Å². The fourth-order valence-electron chi connectivity index (χ4n) is 10.2. The monoisotopic (exact) mass is 878 g/mol. The van der Waals surface area contributed by atoms with E-state index >= 15 is 4.79 Å². The van der Waals surface area contributed by atoms with E-state index in [9.17, 15) is 34.2 Å². The van der Waals surface area contributed by atoms with Crippen LogP contribution in [0.4, 0.5) is 4.79 Å². The standard InChI is InChI=1S/C46H58N2O15/c1-24-28(59-40(54)35(60-31(50)22-47)33(26-16-12-10-13-17-26)48-41(55)63-42(3,4)5)21-46(56)38(61-39(53)27-18-14-11-15-19-27)36-44(8,37(52)34(51)32(24)43(46,6)7)29(57-9)20-30-45(36,23-58-30)62-25(2)49/h10-19,28-30,33-36,38,51,56H,20-23,47H2,1-9H3,(H,48,55)/t28-,29-,30+,33-,34+,35+,36-,38+,44+,45-,46+/m0/s1. The first-order valence-electron chi connectivity index (χ1n) is 20.9. The fraction of sp³-hybridized carbons (Fsp3) is 0.565. The Morgan fingerprint density at radius 2 is 1.60 bits per heavy atom. The van der Waals surface area contributed by atoms with E-state index in [2.05, 4.69) is 5.32 Å². The van der Waals surface area contributed by atoms with Crippen molar-refractivity contribution in [3.63, 3.8) is 0 Å². The lowest BCUT2D eigenvalue weighted by Gasteiger charge is -2.67.